The molecule has 0 bridgehead atoms. The molecule has 2 rings (SSSR count). The number of aromatic nitrogens is 1. The first-order valence-corrected chi connectivity index (χ1v) is 6.19. The van der Waals surface area contributed by atoms with Gasteiger partial charge in [0.15, 0.2) is 5.58 Å². The highest BCUT2D eigenvalue weighted by molar-refractivity contribution is 5.78. The van der Waals surface area contributed by atoms with E-state index in [0.717, 1.165) is 31.3 Å². The summed E-state index contributed by atoms with van der Waals surface area (Å²) in [6.07, 6.45) is 2.86. The lowest BCUT2D eigenvalue weighted by Gasteiger charge is -2.13. The Balaban J connectivity index is 2.01. The molecule has 0 saturated heterocycles. The predicted molar refractivity (Wildman–Crippen MR) is 72.6 cm³/mol. The fourth-order valence-corrected chi connectivity index (χ4v) is 1.83. The van der Waals surface area contributed by atoms with E-state index in [1.165, 1.54) is 0 Å². The fourth-order valence-electron chi connectivity index (χ4n) is 1.83. The van der Waals surface area contributed by atoms with Crippen LogP contribution in [-0.4, -0.2) is 30.3 Å². The standard InChI is InChI=1S/C13H19N3O2/c1-16(7-3-2-4-8-17)13-15-11-6-5-10(14)9-12(11)18-13/h5-6,9,17H,2-4,7-8,14H2,1H3. The first kappa shape index (κ1) is 12.7. The summed E-state index contributed by atoms with van der Waals surface area (Å²) in [5, 5.41) is 8.71. The average Bonchev–Trinajstić information content (AvgIpc) is 2.77. The minimum atomic E-state index is 0.256. The second-order valence-electron chi connectivity index (χ2n) is 4.43. The van der Waals surface area contributed by atoms with E-state index in [4.69, 9.17) is 15.3 Å². The largest absolute Gasteiger partial charge is 0.423 e. The Morgan fingerprint density at radius 3 is 2.94 bits per heavy atom. The molecule has 1 aromatic carbocycles. The summed E-state index contributed by atoms with van der Waals surface area (Å²) < 4.78 is 5.65. The van der Waals surface area contributed by atoms with Crippen LogP contribution in [0.3, 0.4) is 0 Å². The van der Waals surface area contributed by atoms with Crippen molar-refractivity contribution in [1.29, 1.82) is 0 Å². The molecule has 0 atom stereocenters. The van der Waals surface area contributed by atoms with Crippen molar-refractivity contribution in [3.63, 3.8) is 0 Å². The molecule has 0 fully saturated rings. The molecule has 1 heterocycles. The monoisotopic (exact) mass is 249 g/mol. The molecule has 5 nitrogen and oxygen atoms in total. The van der Waals surface area contributed by atoms with E-state index in [2.05, 4.69) is 4.98 Å². The normalized spacial score (nSPS) is 11.0. The molecule has 0 unspecified atom stereocenters. The van der Waals surface area contributed by atoms with Crippen molar-refractivity contribution < 1.29 is 9.52 Å². The smallest absolute Gasteiger partial charge is 0.298 e. The van der Waals surface area contributed by atoms with Crippen LogP contribution in [0.4, 0.5) is 11.7 Å². The number of oxazole rings is 1. The number of aliphatic hydroxyl groups is 1. The minimum Gasteiger partial charge on any atom is -0.423 e. The first-order valence-electron chi connectivity index (χ1n) is 6.19. The summed E-state index contributed by atoms with van der Waals surface area (Å²) in [5.41, 5.74) is 7.91. The van der Waals surface area contributed by atoms with Gasteiger partial charge in [-0.05, 0) is 31.4 Å². The number of hydrogen-bond donors (Lipinski definition) is 2. The van der Waals surface area contributed by atoms with Crippen molar-refractivity contribution in [2.75, 3.05) is 30.8 Å². The van der Waals surface area contributed by atoms with E-state index in [1.807, 2.05) is 24.1 Å². The third-order valence-corrected chi connectivity index (χ3v) is 2.88. The van der Waals surface area contributed by atoms with Crippen LogP contribution < -0.4 is 10.6 Å². The lowest BCUT2D eigenvalue weighted by atomic mass is 10.2. The third-order valence-electron chi connectivity index (χ3n) is 2.88. The van der Waals surface area contributed by atoms with Gasteiger partial charge in [-0.2, -0.15) is 4.98 Å². The van der Waals surface area contributed by atoms with E-state index in [1.54, 1.807) is 6.07 Å². The van der Waals surface area contributed by atoms with Crippen molar-refractivity contribution in [3.05, 3.63) is 18.2 Å². The number of rotatable bonds is 6. The summed E-state index contributed by atoms with van der Waals surface area (Å²) in [6.45, 7) is 1.12. The van der Waals surface area contributed by atoms with Crippen LogP contribution in [0.2, 0.25) is 0 Å². The Hall–Kier alpha value is -1.75. The predicted octanol–water partition coefficient (Wildman–Crippen LogP) is 2.01. The zero-order chi connectivity index (χ0) is 13.0. The Bertz CT molecular complexity index is 510. The second-order valence-corrected chi connectivity index (χ2v) is 4.43. The van der Waals surface area contributed by atoms with E-state index < -0.39 is 0 Å². The van der Waals surface area contributed by atoms with Gasteiger partial charge < -0.3 is 20.2 Å². The van der Waals surface area contributed by atoms with Gasteiger partial charge in [0.1, 0.15) is 5.52 Å². The second kappa shape index (κ2) is 5.73. The number of fused-ring (bicyclic) bond motifs is 1. The van der Waals surface area contributed by atoms with Gasteiger partial charge in [-0.1, -0.05) is 0 Å². The molecular weight excluding hydrogens is 230 g/mol. The summed E-state index contributed by atoms with van der Waals surface area (Å²) in [6, 6.07) is 6.07. The Labute approximate surface area is 106 Å². The molecule has 18 heavy (non-hydrogen) atoms. The maximum atomic E-state index is 8.71. The average molecular weight is 249 g/mol. The van der Waals surface area contributed by atoms with Gasteiger partial charge in [-0.3, -0.25) is 0 Å². The highest BCUT2D eigenvalue weighted by atomic mass is 16.4. The molecule has 0 saturated carbocycles. The highest BCUT2D eigenvalue weighted by Crippen LogP contribution is 2.23. The zero-order valence-corrected chi connectivity index (χ0v) is 10.6. The number of anilines is 2. The Morgan fingerprint density at radius 2 is 2.17 bits per heavy atom. The van der Waals surface area contributed by atoms with Gasteiger partial charge >= 0.3 is 0 Å². The summed E-state index contributed by atoms with van der Waals surface area (Å²) in [7, 11) is 1.95. The van der Waals surface area contributed by atoms with Gasteiger partial charge in [0, 0.05) is 32.0 Å². The SMILES string of the molecule is CN(CCCCCO)c1nc2ccc(N)cc2o1. The summed E-state index contributed by atoms with van der Waals surface area (Å²) in [5.74, 6) is 0. The fraction of sp³-hybridized carbons (Fsp3) is 0.462. The molecule has 98 valence electrons. The molecule has 3 N–H and O–H groups in total. The van der Waals surface area contributed by atoms with Gasteiger partial charge in [-0.15, -0.1) is 0 Å². The van der Waals surface area contributed by atoms with Crippen molar-refractivity contribution in [3.8, 4) is 0 Å². The molecule has 0 aliphatic heterocycles. The van der Waals surface area contributed by atoms with Crippen LogP contribution in [0.25, 0.3) is 11.1 Å². The van der Waals surface area contributed by atoms with Gasteiger partial charge in [0.05, 0.1) is 0 Å². The van der Waals surface area contributed by atoms with E-state index >= 15 is 0 Å². The lowest BCUT2D eigenvalue weighted by Crippen LogP contribution is -2.18. The van der Waals surface area contributed by atoms with E-state index in [0.29, 0.717) is 17.3 Å². The number of nitrogens with zero attached hydrogens (tertiary/aromatic N) is 2. The number of nitrogen functional groups attached to an aromatic ring is 1. The molecule has 0 aliphatic rings. The molecule has 0 radical (unpaired) electrons. The summed E-state index contributed by atoms with van der Waals surface area (Å²) >= 11 is 0. The minimum absolute atomic E-state index is 0.256. The Kier molecular flexibility index (Phi) is 4.04. The van der Waals surface area contributed by atoms with Crippen molar-refractivity contribution in [2.45, 2.75) is 19.3 Å². The molecule has 5 heteroatoms. The Morgan fingerprint density at radius 1 is 1.33 bits per heavy atom. The van der Waals surface area contributed by atoms with Crippen molar-refractivity contribution in [2.24, 2.45) is 0 Å². The summed E-state index contributed by atoms with van der Waals surface area (Å²) in [4.78, 5) is 6.39. The number of nitrogens with two attached hydrogens (primary N) is 1. The molecule has 0 aliphatic carbocycles. The molecule has 0 spiro atoms. The van der Waals surface area contributed by atoms with Crippen molar-refractivity contribution in [1.82, 2.24) is 4.98 Å². The van der Waals surface area contributed by atoms with E-state index in [-0.39, 0.29) is 6.61 Å². The first-order chi connectivity index (χ1) is 8.70. The number of benzene rings is 1. The van der Waals surface area contributed by atoms with Crippen molar-refractivity contribution >= 4 is 22.8 Å². The van der Waals surface area contributed by atoms with Gasteiger partial charge in [-0.25, -0.2) is 0 Å². The van der Waals surface area contributed by atoms with Crippen LogP contribution >= 0.6 is 0 Å². The van der Waals surface area contributed by atoms with Gasteiger partial charge in [0.2, 0.25) is 0 Å². The molecule has 0 amide bonds. The zero-order valence-electron chi connectivity index (χ0n) is 10.6. The third kappa shape index (κ3) is 2.92. The molecular formula is C13H19N3O2. The van der Waals surface area contributed by atoms with Crippen LogP contribution in [0.5, 0.6) is 0 Å². The maximum absolute atomic E-state index is 8.71. The molecule has 2 aromatic rings. The topological polar surface area (TPSA) is 75.5 Å². The van der Waals surface area contributed by atoms with Crippen LogP contribution in [0.1, 0.15) is 19.3 Å². The van der Waals surface area contributed by atoms with E-state index in [9.17, 15) is 0 Å². The van der Waals surface area contributed by atoms with Crippen LogP contribution in [-0.2, 0) is 0 Å². The maximum Gasteiger partial charge on any atom is 0.298 e. The number of aliphatic hydroxyl groups excluding tert-OH is 1. The number of unbranched alkanes of at least 4 members (excludes halogenated alkanes) is 2. The van der Waals surface area contributed by atoms with Gasteiger partial charge in [0.25, 0.3) is 6.01 Å². The quantitative estimate of drug-likeness (QED) is 0.605. The lowest BCUT2D eigenvalue weighted by molar-refractivity contribution is 0.283. The van der Waals surface area contributed by atoms with Crippen LogP contribution in [0.15, 0.2) is 22.6 Å². The highest BCUT2D eigenvalue weighted by Gasteiger charge is 2.09. The molecule has 1 aromatic heterocycles. The van der Waals surface area contributed by atoms with Crippen LogP contribution in [0, 0.1) is 0 Å². The number of hydrogen-bond acceptors (Lipinski definition) is 5.